The number of amides is 2. The second kappa shape index (κ2) is 7.17. The second-order valence-electron chi connectivity index (χ2n) is 5.74. The van der Waals surface area contributed by atoms with Gasteiger partial charge in [0.2, 0.25) is 5.91 Å². The van der Waals surface area contributed by atoms with Crippen molar-refractivity contribution in [3.63, 3.8) is 0 Å². The van der Waals surface area contributed by atoms with Crippen LogP contribution in [-0.2, 0) is 16.0 Å². The summed E-state index contributed by atoms with van der Waals surface area (Å²) < 4.78 is 5.21. The van der Waals surface area contributed by atoms with Crippen molar-refractivity contribution in [2.45, 2.75) is 25.9 Å². The largest absolute Gasteiger partial charge is 0.453 e. The SMILES string of the molecule is CCc1ccc(C(=O)NNC(=O)CC2OC(=O)c3ccccc32)cc1. The number of esters is 1. The van der Waals surface area contributed by atoms with E-state index in [-0.39, 0.29) is 6.42 Å². The van der Waals surface area contributed by atoms with Crippen molar-refractivity contribution in [1.29, 1.82) is 0 Å². The van der Waals surface area contributed by atoms with Gasteiger partial charge in [-0.3, -0.25) is 20.4 Å². The molecule has 0 radical (unpaired) electrons. The van der Waals surface area contributed by atoms with Crippen molar-refractivity contribution in [2.75, 3.05) is 0 Å². The van der Waals surface area contributed by atoms with Crippen LogP contribution < -0.4 is 10.9 Å². The maximum Gasteiger partial charge on any atom is 0.339 e. The Bertz CT molecular complexity index is 814. The Kier molecular flexibility index (Phi) is 4.79. The highest BCUT2D eigenvalue weighted by atomic mass is 16.5. The van der Waals surface area contributed by atoms with E-state index in [2.05, 4.69) is 10.9 Å². The van der Waals surface area contributed by atoms with Crippen molar-refractivity contribution in [3.05, 3.63) is 70.8 Å². The number of fused-ring (bicyclic) bond motifs is 1. The van der Waals surface area contributed by atoms with Crippen LogP contribution in [-0.4, -0.2) is 17.8 Å². The zero-order valence-electron chi connectivity index (χ0n) is 13.7. The Morgan fingerprint density at radius 2 is 1.76 bits per heavy atom. The van der Waals surface area contributed by atoms with Crippen LogP contribution in [0.2, 0.25) is 0 Å². The summed E-state index contributed by atoms with van der Waals surface area (Å²) in [5.74, 6) is -1.28. The van der Waals surface area contributed by atoms with Gasteiger partial charge in [-0.1, -0.05) is 37.3 Å². The van der Waals surface area contributed by atoms with Gasteiger partial charge in [-0.2, -0.15) is 0 Å². The minimum Gasteiger partial charge on any atom is -0.453 e. The summed E-state index contributed by atoms with van der Waals surface area (Å²) in [5, 5.41) is 0. The first-order valence-corrected chi connectivity index (χ1v) is 8.06. The lowest BCUT2D eigenvalue weighted by Crippen LogP contribution is -2.42. The Balaban J connectivity index is 1.55. The van der Waals surface area contributed by atoms with Crippen LogP contribution in [0.1, 0.15) is 51.3 Å². The summed E-state index contributed by atoms with van der Waals surface area (Å²) in [7, 11) is 0. The maximum absolute atomic E-state index is 12.0. The molecule has 25 heavy (non-hydrogen) atoms. The van der Waals surface area contributed by atoms with Gasteiger partial charge in [-0.05, 0) is 30.2 Å². The highest BCUT2D eigenvalue weighted by Gasteiger charge is 2.32. The van der Waals surface area contributed by atoms with Gasteiger partial charge in [0.1, 0.15) is 6.10 Å². The molecule has 2 N–H and O–H groups in total. The third kappa shape index (κ3) is 3.68. The van der Waals surface area contributed by atoms with Crippen LogP contribution in [0.5, 0.6) is 0 Å². The van der Waals surface area contributed by atoms with Crippen LogP contribution >= 0.6 is 0 Å². The molecule has 2 amide bonds. The molecule has 1 unspecified atom stereocenters. The quantitative estimate of drug-likeness (QED) is 0.662. The van der Waals surface area contributed by atoms with E-state index >= 15 is 0 Å². The van der Waals surface area contributed by atoms with E-state index < -0.39 is 23.9 Å². The smallest absolute Gasteiger partial charge is 0.339 e. The predicted octanol–water partition coefficient (Wildman–Crippen LogP) is 2.31. The van der Waals surface area contributed by atoms with Gasteiger partial charge < -0.3 is 4.74 Å². The third-order valence-corrected chi connectivity index (χ3v) is 4.09. The number of cyclic esters (lactones) is 1. The molecule has 0 aromatic heterocycles. The van der Waals surface area contributed by atoms with E-state index in [0.717, 1.165) is 12.0 Å². The normalized spacial score (nSPS) is 15.2. The van der Waals surface area contributed by atoms with Crippen molar-refractivity contribution in [2.24, 2.45) is 0 Å². The highest BCUT2D eigenvalue weighted by molar-refractivity contribution is 5.96. The summed E-state index contributed by atoms with van der Waals surface area (Å²) in [6.45, 7) is 2.03. The van der Waals surface area contributed by atoms with Crippen LogP contribution in [0.3, 0.4) is 0 Å². The van der Waals surface area contributed by atoms with Gasteiger partial charge in [-0.25, -0.2) is 4.79 Å². The fourth-order valence-electron chi connectivity index (χ4n) is 2.68. The number of carbonyl (C=O) groups excluding carboxylic acids is 3. The zero-order chi connectivity index (χ0) is 17.8. The molecule has 0 bridgehead atoms. The van der Waals surface area contributed by atoms with E-state index in [1.165, 1.54) is 0 Å². The third-order valence-electron chi connectivity index (χ3n) is 4.09. The van der Waals surface area contributed by atoms with Gasteiger partial charge >= 0.3 is 5.97 Å². The number of hydrogen-bond acceptors (Lipinski definition) is 4. The molecule has 3 rings (SSSR count). The molecule has 0 saturated carbocycles. The second-order valence-corrected chi connectivity index (χ2v) is 5.74. The first-order chi connectivity index (χ1) is 12.1. The van der Waals surface area contributed by atoms with E-state index in [1.54, 1.807) is 36.4 Å². The summed E-state index contributed by atoms with van der Waals surface area (Å²) in [5.41, 5.74) is 7.46. The molecular weight excluding hydrogens is 320 g/mol. The van der Waals surface area contributed by atoms with Gasteiger partial charge in [0.25, 0.3) is 5.91 Å². The number of hydrogen-bond donors (Lipinski definition) is 2. The summed E-state index contributed by atoms with van der Waals surface area (Å²) in [4.78, 5) is 35.8. The first-order valence-electron chi connectivity index (χ1n) is 8.06. The number of carbonyl (C=O) groups is 3. The molecule has 2 aromatic rings. The molecule has 6 heteroatoms. The Hall–Kier alpha value is -3.15. The van der Waals surface area contributed by atoms with Gasteiger partial charge in [0.05, 0.1) is 12.0 Å². The van der Waals surface area contributed by atoms with E-state index in [9.17, 15) is 14.4 Å². The number of nitrogens with one attached hydrogen (secondary N) is 2. The molecule has 1 aliphatic rings. The average Bonchev–Trinajstić information content (AvgIpc) is 2.96. The molecule has 2 aromatic carbocycles. The van der Waals surface area contributed by atoms with Crippen molar-refractivity contribution in [3.8, 4) is 0 Å². The van der Waals surface area contributed by atoms with Gasteiger partial charge in [0.15, 0.2) is 0 Å². The molecule has 1 atom stereocenters. The van der Waals surface area contributed by atoms with Crippen molar-refractivity contribution in [1.82, 2.24) is 10.9 Å². The lowest BCUT2D eigenvalue weighted by Gasteiger charge is -2.12. The van der Waals surface area contributed by atoms with Crippen molar-refractivity contribution >= 4 is 17.8 Å². The zero-order valence-corrected chi connectivity index (χ0v) is 13.7. The molecule has 0 fully saturated rings. The summed E-state index contributed by atoms with van der Waals surface area (Å²) in [6, 6.07) is 14.1. The Morgan fingerprint density at radius 1 is 1.04 bits per heavy atom. The topological polar surface area (TPSA) is 84.5 Å². The number of hydrazine groups is 1. The monoisotopic (exact) mass is 338 g/mol. The van der Waals surface area contributed by atoms with Crippen LogP contribution in [0, 0.1) is 0 Å². The minimum atomic E-state index is -0.635. The fourth-order valence-corrected chi connectivity index (χ4v) is 2.68. The lowest BCUT2D eigenvalue weighted by atomic mass is 10.0. The maximum atomic E-state index is 12.0. The van der Waals surface area contributed by atoms with Crippen molar-refractivity contribution < 1.29 is 19.1 Å². The molecule has 1 aliphatic heterocycles. The fraction of sp³-hybridized carbons (Fsp3) is 0.211. The lowest BCUT2D eigenvalue weighted by molar-refractivity contribution is -0.123. The first kappa shape index (κ1) is 16.7. The van der Waals surface area contributed by atoms with Crippen LogP contribution in [0.15, 0.2) is 48.5 Å². The van der Waals surface area contributed by atoms with Gasteiger partial charge in [0, 0.05) is 11.1 Å². The van der Waals surface area contributed by atoms with E-state index in [0.29, 0.717) is 16.7 Å². The molecule has 0 spiro atoms. The molecule has 1 heterocycles. The predicted molar refractivity (Wildman–Crippen MR) is 90.6 cm³/mol. The van der Waals surface area contributed by atoms with Crippen LogP contribution in [0.4, 0.5) is 0 Å². The van der Waals surface area contributed by atoms with E-state index in [4.69, 9.17) is 4.74 Å². The Morgan fingerprint density at radius 3 is 2.48 bits per heavy atom. The number of rotatable bonds is 4. The Labute approximate surface area is 145 Å². The number of aryl methyl sites for hydroxylation is 1. The minimum absolute atomic E-state index is 0.0577. The standard InChI is InChI=1S/C19H18N2O4/c1-2-12-7-9-13(10-8-12)18(23)21-20-17(22)11-16-14-5-3-4-6-15(14)19(24)25-16/h3-10,16H,2,11H2,1H3,(H,20,22)(H,21,23). The average molecular weight is 338 g/mol. The molecule has 0 aliphatic carbocycles. The van der Waals surface area contributed by atoms with E-state index in [1.807, 2.05) is 19.1 Å². The van der Waals surface area contributed by atoms with Gasteiger partial charge in [-0.15, -0.1) is 0 Å². The molecule has 128 valence electrons. The number of benzene rings is 2. The number of ether oxygens (including phenoxy) is 1. The molecular formula is C19H18N2O4. The molecule has 6 nitrogen and oxygen atoms in total. The summed E-state index contributed by atoms with van der Waals surface area (Å²) in [6.07, 6.45) is 0.197. The molecule has 0 saturated heterocycles. The highest BCUT2D eigenvalue weighted by Crippen LogP contribution is 2.32. The summed E-state index contributed by atoms with van der Waals surface area (Å²) >= 11 is 0. The van der Waals surface area contributed by atoms with Crippen LogP contribution in [0.25, 0.3) is 0 Å².